The predicted octanol–water partition coefficient (Wildman–Crippen LogP) is 2.01. The topological polar surface area (TPSA) is 53.8 Å². The number of likely N-dealkylation sites (tertiary alicyclic amines) is 1. The zero-order valence-corrected chi connectivity index (χ0v) is 12.0. The number of fused-ring (bicyclic) bond motifs is 1. The first kappa shape index (κ1) is 13.1. The third-order valence-electron chi connectivity index (χ3n) is 4.56. The van der Waals surface area contributed by atoms with Crippen molar-refractivity contribution >= 4 is 17.5 Å². The number of amides is 2. The Morgan fingerprint density at radius 3 is 2.59 bits per heavy atom. The van der Waals surface area contributed by atoms with Crippen molar-refractivity contribution in [1.29, 1.82) is 0 Å². The largest absolute Gasteiger partial charge is 0.472 e. The number of para-hydroxylation sites is 1. The van der Waals surface area contributed by atoms with E-state index in [9.17, 15) is 9.59 Å². The molecule has 2 aromatic rings. The summed E-state index contributed by atoms with van der Waals surface area (Å²) in [5.74, 6) is 0.195. The van der Waals surface area contributed by atoms with Gasteiger partial charge in [0.25, 0.3) is 5.91 Å². The lowest BCUT2D eigenvalue weighted by atomic mass is 10.0. The molecule has 0 N–H and O–H groups in total. The smallest absolute Gasteiger partial charge is 0.257 e. The molecule has 1 aromatic heterocycles. The average molecular weight is 296 g/mol. The molecule has 2 saturated heterocycles. The molecule has 3 heterocycles. The lowest BCUT2D eigenvalue weighted by Gasteiger charge is -2.21. The molecule has 0 spiro atoms. The van der Waals surface area contributed by atoms with Crippen LogP contribution in [0.25, 0.3) is 0 Å². The monoisotopic (exact) mass is 296 g/mol. The molecule has 22 heavy (non-hydrogen) atoms. The molecule has 2 aliphatic rings. The first-order valence-electron chi connectivity index (χ1n) is 7.42. The summed E-state index contributed by atoms with van der Waals surface area (Å²) >= 11 is 0. The number of anilines is 1. The van der Waals surface area contributed by atoms with Gasteiger partial charge in [0, 0.05) is 31.2 Å². The molecule has 0 bridgehead atoms. The van der Waals surface area contributed by atoms with Gasteiger partial charge in [0.05, 0.1) is 17.7 Å². The molecule has 5 nitrogen and oxygen atoms in total. The van der Waals surface area contributed by atoms with Crippen LogP contribution in [0.4, 0.5) is 5.69 Å². The maximum absolute atomic E-state index is 12.6. The van der Waals surface area contributed by atoms with Crippen LogP contribution < -0.4 is 4.90 Å². The van der Waals surface area contributed by atoms with Crippen LogP contribution in [0, 0.1) is 11.8 Å². The van der Waals surface area contributed by atoms with Gasteiger partial charge in [-0.25, -0.2) is 0 Å². The van der Waals surface area contributed by atoms with Gasteiger partial charge in [-0.3, -0.25) is 9.59 Å². The Labute approximate surface area is 128 Å². The number of benzene rings is 1. The van der Waals surface area contributed by atoms with Crippen LogP contribution in [-0.4, -0.2) is 36.3 Å². The van der Waals surface area contributed by atoms with E-state index < -0.39 is 0 Å². The van der Waals surface area contributed by atoms with Crippen molar-refractivity contribution in [2.24, 2.45) is 11.8 Å². The van der Waals surface area contributed by atoms with E-state index in [0.29, 0.717) is 25.2 Å². The van der Waals surface area contributed by atoms with Gasteiger partial charge < -0.3 is 14.2 Å². The highest BCUT2D eigenvalue weighted by atomic mass is 16.3. The van der Waals surface area contributed by atoms with Gasteiger partial charge in [-0.1, -0.05) is 18.2 Å². The number of hydrogen-bond acceptors (Lipinski definition) is 3. The molecule has 2 atom stereocenters. The molecule has 5 heteroatoms. The molecule has 0 radical (unpaired) electrons. The highest BCUT2D eigenvalue weighted by Crippen LogP contribution is 2.35. The van der Waals surface area contributed by atoms with Gasteiger partial charge in [0.2, 0.25) is 5.91 Å². The fourth-order valence-corrected chi connectivity index (χ4v) is 3.44. The van der Waals surface area contributed by atoms with Gasteiger partial charge >= 0.3 is 0 Å². The van der Waals surface area contributed by atoms with E-state index in [2.05, 4.69) is 0 Å². The van der Waals surface area contributed by atoms with E-state index in [4.69, 9.17) is 4.42 Å². The number of rotatable bonds is 2. The summed E-state index contributed by atoms with van der Waals surface area (Å²) in [5, 5.41) is 0. The van der Waals surface area contributed by atoms with E-state index in [0.717, 1.165) is 5.69 Å². The van der Waals surface area contributed by atoms with Crippen LogP contribution in [0.15, 0.2) is 53.3 Å². The molecule has 0 saturated carbocycles. The number of furan rings is 1. The second-order valence-corrected chi connectivity index (χ2v) is 5.87. The number of nitrogens with zero attached hydrogens (tertiary/aromatic N) is 2. The van der Waals surface area contributed by atoms with E-state index in [1.165, 1.54) is 12.5 Å². The standard InChI is InChI=1S/C17H16N2O3/c20-16(12-6-7-22-11-12)18-8-13-9-19(17(21)15(13)10-18)14-4-2-1-3-5-14/h1-7,11,13,15H,8-10H2. The van der Waals surface area contributed by atoms with Crippen LogP contribution in [0.2, 0.25) is 0 Å². The van der Waals surface area contributed by atoms with E-state index in [-0.39, 0.29) is 23.7 Å². The zero-order valence-electron chi connectivity index (χ0n) is 12.0. The molecule has 1 aromatic carbocycles. The number of hydrogen-bond donors (Lipinski definition) is 0. The fourth-order valence-electron chi connectivity index (χ4n) is 3.44. The van der Waals surface area contributed by atoms with Gasteiger partial charge in [-0.15, -0.1) is 0 Å². The van der Waals surface area contributed by atoms with Gasteiger partial charge in [-0.05, 0) is 18.2 Å². The summed E-state index contributed by atoms with van der Waals surface area (Å²) in [4.78, 5) is 28.6. The summed E-state index contributed by atoms with van der Waals surface area (Å²) in [6.07, 6.45) is 2.95. The summed E-state index contributed by atoms with van der Waals surface area (Å²) in [7, 11) is 0. The lowest BCUT2D eigenvalue weighted by molar-refractivity contribution is -0.120. The van der Waals surface area contributed by atoms with Gasteiger partial charge in [0.1, 0.15) is 6.26 Å². The molecule has 2 fully saturated rings. The Kier molecular flexibility index (Phi) is 2.99. The molecule has 2 aliphatic heterocycles. The van der Waals surface area contributed by atoms with Gasteiger partial charge in [0.15, 0.2) is 0 Å². The van der Waals surface area contributed by atoms with Crippen molar-refractivity contribution in [3.05, 3.63) is 54.5 Å². The minimum atomic E-state index is -0.0870. The number of carbonyl (C=O) groups excluding carboxylic acids is 2. The molecule has 2 amide bonds. The fraction of sp³-hybridized carbons (Fsp3) is 0.294. The molecular weight excluding hydrogens is 280 g/mol. The summed E-state index contributed by atoms with van der Waals surface area (Å²) in [5.41, 5.74) is 1.49. The van der Waals surface area contributed by atoms with Crippen molar-refractivity contribution in [3.8, 4) is 0 Å². The Balaban J connectivity index is 1.50. The Morgan fingerprint density at radius 1 is 1.09 bits per heavy atom. The van der Waals surface area contributed by atoms with Crippen LogP contribution in [0.5, 0.6) is 0 Å². The maximum Gasteiger partial charge on any atom is 0.257 e. The molecule has 112 valence electrons. The maximum atomic E-state index is 12.6. The average Bonchev–Trinajstić information content (AvgIpc) is 3.25. The first-order valence-corrected chi connectivity index (χ1v) is 7.42. The minimum absolute atomic E-state index is 0.0535. The third kappa shape index (κ3) is 2.01. The Hall–Kier alpha value is -2.56. The summed E-state index contributed by atoms with van der Waals surface area (Å²) in [6, 6.07) is 11.4. The second kappa shape index (κ2) is 5.02. The van der Waals surface area contributed by atoms with Crippen LogP contribution in [-0.2, 0) is 4.79 Å². The quantitative estimate of drug-likeness (QED) is 0.852. The lowest BCUT2D eigenvalue weighted by Crippen LogP contribution is -2.35. The van der Waals surface area contributed by atoms with Crippen molar-refractivity contribution in [2.45, 2.75) is 0 Å². The number of carbonyl (C=O) groups is 2. The molecule has 0 aliphatic carbocycles. The SMILES string of the molecule is O=C(c1ccoc1)N1CC2CN(c3ccccc3)C(=O)C2C1. The normalized spacial score (nSPS) is 23.9. The highest BCUT2D eigenvalue weighted by Gasteiger charge is 2.47. The third-order valence-corrected chi connectivity index (χ3v) is 4.56. The second-order valence-electron chi connectivity index (χ2n) is 5.87. The summed E-state index contributed by atoms with van der Waals surface area (Å²) < 4.78 is 4.96. The minimum Gasteiger partial charge on any atom is -0.472 e. The van der Waals surface area contributed by atoms with Crippen molar-refractivity contribution in [3.63, 3.8) is 0 Å². The Morgan fingerprint density at radius 2 is 1.91 bits per heavy atom. The van der Waals surface area contributed by atoms with Crippen molar-refractivity contribution in [2.75, 3.05) is 24.5 Å². The predicted molar refractivity (Wildman–Crippen MR) is 80.4 cm³/mol. The van der Waals surface area contributed by atoms with E-state index in [1.54, 1.807) is 11.0 Å². The van der Waals surface area contributed by atoms with Gasteiger partial charge in [-0.2, -0.15) is 0 Å². The van der Waals surface area contributed by atoms with Crippen LogP contribution in [0.1, 0.15) is 10.4 Å². The molecule has 2 unspecified atom stereocenters. The van der Waals surface area contributed by atoms with Crippen molar-refractivity contribution < 1.29 is 14.0 Å². The zero-order chi connectivity index (χ0) is 15.1. The molecule has 4 rings (SSSR count). The van der Waals surface area contributed by atoms with Crippen LogP contribution in [0.3, 0.4) is 0 Å². The Bertz CT molecular complexity index is 696. The van der Waals surface area contributed by atoms with Crippen LogP contribution >= 0.6 is 0 Å². The van der Waals surface area contributed by atoms with Crippen molar-refractivity contribution in [1.82, 2.24) is 4.90 Å². The highest BCUT2D eigenvalue weighted by molar-refractivity contribution is 6.00. The van der Waals surface area contributed by atoms with E-state index in [1.807, 2.05) is 35.2 Å². The summed E-state index contributed by atoms with van der Waals surface area (Å²) in [6.45, 7) is 1.81. The van der Waals surface area contributed by atoms with E-state index >= 15 is 0 Å². The first-order chi connectivity index (χ1) is 10.7. The molecular formula is C17H16N2O3.